The van der Waals surface area contributed by atoms with Gasteiger partial charge in [0.05, 0.1) is 5.92 Å². The van der Waals surface area contributed by atoms with Crippen LogP contribution in [0.15, 0.2) is 18.2 Å². The summed E-state index contributed by atoms with van der Waals surface area (Å²) in [5.41, 5.74) is 0.761. The van der Waals surface area contributed by atoms with Crippen LogP contribution in [-0.2, 0) is 4.79 Å². The Labute approximate surface area is 88.7 Å². The van der Waals surface area contributed by atoms with Crippen LogP contribution in [0.2, 0.25) is 0 Å². The van der Waals surface area contributed by atoms with Crippen molar-refractivity contribution in [1.82, 2.24) is 0 Å². The normalized spacial score (nSPS) is 12.9. The lowest BCUT2D eigenvalue weighted by molar-refractivity contribution is -0.139. The van der Waals surface area contributed by atoms with E-state index in [-0.39, 0.29) is 11.5 Å². The summed E-state index contributed by atoms with van der Waals surface area (Å²) in [7, 11) is 0. The molecule has 0 saturated heterocycles. The van der Waals surface area contributed by atoms with Crippen molar-refractivity contribution in [3.8, 4) is 0 Å². The minimum absolute atomic E-state index is 0.126. The molecule has 0 aliphatic carbocycles. The van der Waals surface area contributed by atoms with Gasteiger partial charge in [-0.05, 0) is 18.4 Å². The molecule has 0 aliphatic heterocycles. The van der Waals surface area contributed by atoms with Crippen LogP contribution >= 0.6 is 0 Å². The zero-order chi connectivity index (χ0) is 11.6. The average molecular weight is 210 g/mol. The standard InChI is InChI=1S/C12H15FO2/c1-7(2)10(12(14)15)9-6-4-5-8(3)11(9)13/h4-7,10H,1-3H3,(H,14,15). The highest BCUT2D eigenvalue weighted by molar-refractivity contribution is 5.76. The average Bonchev–Trinajstić information content (AvgIpc) is 2.11. The molecule has 0 saturated carbocycles. The van der Waals surface area contributed by atoms with E-state index >= 15 is 0 Å². The van der Waals surface area contributed by atoms with Crippen molar-refractivity contribution in [3.05, 3.63) is 35.1 Å². The molecule has 0 fully saturated rings. The molecule has 1 aromatic rings. The van der Waals surface area contributed by atoms with E-state index in [2.05, 4.69) is 0 Å². The lowest BCUT2D eigenvalue weighted by Gasteiger charge is -2.17. The van der Waals surface area contributed by atoms with Gasteiger partial charge in [0.15, 0.2) is 0 Å². The first-order valence-electron chi connectivity index (χ1n) is 4.93. The molecule has 1 atom stereocenters. The van der Waals surface area contributed by atoms with Crippen LogP contribution in [0.3, 0.4) is 0 Å². The molecule has 2 nitrogen and oxygen atoms in total. The topological polar surface area (TPSA) is 37.3 Å². The largest absolute Gasteiger partial charge is 0.481 e. The fraction of sp³-hybridized carbons (Fsp3) is 0.417. The first kappa shape index (κ1) is 11.7. The molecular formula is C12H15FO2. The molecular weight excluding hydrogens is 195 g/mol. The number of carboxylic acid groups (broad SMARTS) is 1. The summed E-state index contributed by atoms with van der Waals surface area (Å²) >= 11 is 0. The number of carbonyl (C=O) groups is 1. The Bertz CT molecular complexity index is 372. The van der Waals surface area contributed by atoms with Gasteiger partial charge in [0.2, 0.25) is 0 Å². The number of benzene rings is 1. The summed E-state index contributed by atoms with van der Waals surface area (Å²) in [5.74, 6) is -2.28. The lowest BCUT2D eigenvalue weighted by Crippen LogP contribution is -2.19. The van der Waals surface area contributed by atoms with Crippen molar-refractivity contribution in [1.29, 1.82) is 0 Å². The van der Waals surface area contributed by atoms with Crippen LogP contribution < -0.4 is 0 Å². The Kier molecular flexibility index (Phi) is 3.45. The summed E-state index contributed by atoms with van der Waals surface area (Å²) in [5, 5.41) is 9.05. The van der Waals surface area contributed by atoms with E-state index in [1.807, 2.05) is 0 Å². The maximum absolute atomic E-state index is 13.7. The van der Waals surface area contributed by atoms with E-state index in [9.17, 15) is 9.18 Å². The van der Waals surface area contributed by atoms with Gasteiger partial charge in [-0.1, -0.05) is 32.0 Å². The van der Waals surface area contributed by atoms with Crippen molar-refractivity contribution >= 4 is 5.97 Å². The molecule has 1 N–H and O–H groups in total. The van der Waals surface area contributed by atoms with E-state index in [1.165, 1.54) is 0 Å². The second kappa shape index (κ2) is 4.43. The second-order valence-corrected chi connectivity index (χ2v) is 4.04. The van der Waals surface area contributed by atoms with Gasteiger partial charge in [0.25, 0.3) is 0 Å². The molecule has 0 amide bonds. The molecule has 0 spiro atoms. The fourth-order valence-electron chi connectivity index (χ4n) is 1.69. The highest BCUT2D eigenvalue weighted by Gasteiger charge is 2.26. The zero-order valence-electron chi connectivity index (χ0n) is 9.12. The summed E-state index contributed by atoms with van der Waals surface area (Å²) < 4.78 is 13.7. The van der Waals surface area contributed by atoms with E-state index in [1.54, 1.807) is 39.0 Å². The Hall–Kier alpha value is -1.38. The molecule has 0 bridgehead atoms. The summed E-state index contributed by atoms with van der Waals surface area (Å²) in [4.78, 5) is 11.0. The lowest BCUT2D eigenvalue weighted by atomic mass is 9.87. The first-order valence-corrected chi connectivity index (χ1v) is 4.93. The monoisotopic (exact) mass is 210 g/mol. The number of halogens is 1. The predicted molar refractivity (Wildman–Crippen MR) is 56.4 cm³/mol. The van der Waals surface area contributed by atoms with Crippen molar-refractivity contribution in [2.75, 3.05) is 0 Å². The van der Waals surface area contributed by atoms with Gasteiger partial charge >= 0.3 is 5.97 Å². The molecule has 0 aliphatic rings. The minimum atomic E-state index is -0.977. The molecule has 82 valence electrons. The number of carboxylic acids is 1. The van der Waals surface area contributed by atoms with Gasteiger partial charge in [-0.25, -0.2) is 4.39 Å². The van der Waals surface area contributed by atoms with Crippen LogP contribution in [0.4, 0.5) is 4.39 Å². The summed E-state index contributed by atoms with van der Waals surface area (Å²) in [6.07, 6.45) is 0. The van der Waals surface area contributed by atoms with E-state index in [0.29, 0.717) is 5.56 Å². The zero-order valence-corrected chi connectivity index (χ0v) is 9.12. The Morgan fingerprint density at radius 3 is 2.47 bits per heavy atom. The Morgan fingerprint density at radius 1 is 1.40 bits per heavy atom. The first-order chi connectivity index (χ1) is 6.95. The number of aryl methyl sites for hydroxylation is 1. The SMILES string of the molecule is Cc1cccc(C(C(=O)O)C(C)C)c1F. The molecule has 1 unspecified atom stereocenters. The second-order valence-electron chi connectivity index (χ2n) is 4.04. The van der Waals surface area contributed by atoms with Crippen molar-refractivity contribution in [2.24, 2.45) is 5.92 Å². The molecule has 0 heterocycles. The van der Waals surface area contributed by atoms with Gasteiger partial charge in [0, 0.05) is 5.56 Å². The quantitative estimate of drug-likeness (QED) is 0.832. The van der Waals surface area contributed by atoms with Gasteiger partial charge in [-0.15, -0.1) is 0 Å². The molecule has 1 rings (SSSR count). The van der Waals surface area contributed by atoms with E-state index in [4.69, 9.17) is 5.11 Å². The van der Waals surface area contributed by atoms with Crippen molar-refractivity contribution in [2.45, 2.75) is 26.7 Å². The summed E-state index contributed by atoms with van der Waals surface area (Å²) in [6.45, 7) is 5.19. The minimum Gasteiger partial charge on any atom is -0.481 e. The van der Waals surface area contributed by atoms with Crippen LogP contribution in [0.5, 0.6) is 0 Å². The number of aliphatic carboxylic acids is 1. The van der Waals surface area contributed by atoms with Crippen LogP contribution in [0, 0.1) is 18.7 Å². The third-order valence-electron chi connectivity index (χ3n) is 2.49. The molecule has 0 radical (unpaired) electrons. The maximum atomic E-state index is 13.7. The smallest absolute Gasteiger partial charge is 0.311 e. The summed E-state index contributed by atoms with van der Waals surface area (Å²) in [6, 6.07) is 4.87. The highest BCUT2D eigenvalue weighted by Crippen LogP contribution is 2.28. The molecule has 0 aromatic heterocycles. The molecule has 3 heteroatoms. The van der Waals surface area contributed by atoms with E-state index in [0.717, 1.165) is 0 Å². The molecule has 1 aromatic carbocycles. The van der Waals surface area contributed by atoms with Gasteiger partial charge < -0.3 is 5.11 Å². The predicted octanol–water partition coefficient (Wildman–Crippen LogP) is 2.96. The van der Waals surface area contributed by atoms with E-state index < -0.39 is 17.7 Å². The van der Waals surface area contributed by atoms with Crippen LogP contribution in [0.25, 0.3) is 0 Å². The number of rotatable bonds is 3. The van der Waals surface area contributed by atoms with Crippen LogP contribution in [-0.4, -0.2) is 11.1 Å². The highest BCUT2D eigenvalue weighted by atomic mass is 19.1. The Morgan fingerprint density at radius 2 is 2.00 bits per heavy atom. The van der Waals surface area contributed by atoms with Gasteiger partial charge in [0.1, 0.15) is 5.82 Å². The Balaban J connectivity index is 3.23. The third-order valence-corrected chi connectivity index (χ3v) is 2.49. The van der Waals surface area contributed by atoms with Gasteiger partial charge in [-0.2, -0.15) is 0 Å². The number of hydrogen-bond acceptors (Lipinski definition) is 1. The van der Waals surface area contributed by atoms with Gasteiger partial charge in [-0.3, -0.25) is 4.79 Å². The van der Waals surface area contributed by atoms with Crippen molar-refractivity contribution in [3.63, 3.8) is 0 Å². The fourth-order valence-corrected chi connectivity index (χ4v) is 1.69. The molecule has 15 heavy (non-hydrogen) atoms. The van der Waals surface area contributed by atoms with Crippen LogP contribution in [0.1, 0.15) is 30.9 Å². The third kappa shape index (κ3) is 2.35. The van der Waals surface area contributed by atoms with Crippen molar-refractivity contribution < 1.29 is 14.3 Å². The number of hydrogen-bond donors (Lipinski definition) is 1. The maximum Gasteiger partial charge on any atom is 0.311 e.